The van der Waals surface area contributed by atoms with Crippen molar-refractivity contribution >= 4 is 5.95 Å². The van der Waals surface area contributed by atoms with E-state index in [1.54, 1.807) is 30.3 Å². The summed E-state index contributed by atoms with van der Waals surface area (Å²) in [5, 5.41) is 2.94. The first-order valence-corrected chi connectivity index (χ1v) is 7.44. The second kappa shape index (κ2) is 6.51. The predicted molar refractivity (Wildman–Crippen MR) is 78.6 cm³/mol. The molecule has 3 rings (SSSR count). The van der Waals surface area contributed by atoms with Crippen molar-refractivity contribution in [3.8, 4) is 12.0 Å². The maximum absolute atomic E-state index is 5.98. The average Bonchev–Trinajstić information content (AvgIpc) is 2.93. The van der Waals surface area contributed by atoms with Gasteiger partial charge in [-0.05, 0) is 25.7 Å². The first-order chi connectivity index (χ1) is 10.3. The summed E-state index contributed by atoms with van der Waals surface area (Å²) in [5.74, 6) is 1.01. The van der Waals surface area contributed by atoms with E-state index in [0.29, 0.717) is 17.9 Å². The molecule has 2 aromatic rings. The van der Waals surface area contributed by atoms with Gasteiger partial charge in [-0.25, -0.2) is 4.98 Å². The van der Waals surface area contributed by atoms with Crippen LogP contribution in [0.15, 0.2) is 18.7 Å². The van der Waals surface area contributed by atoms with Gasteiger partial charge >= 0.3 is 6.01 Å². The maximum Gasteiger partial charge on any atom is 0.323 e. The van der Waals surface area contributed by atoms with Crippen molar-refractivity contribution in [1.82, 2.24) is 24.5 Å². The molecule has 0 atom stereocenters. The Bertz CT molecular complexity index is 563. The second-order valence-corrected chi connectivity index (χ2v) is 5.19. The highest BCUT2D eigenvalue weighted by Gasteiger charge is 2.16. The van der Waals surface area contributed by atoms with E-state index < -0.39 is 0 Å². The average molecular weight is 288 g/mol. The highest BCUT2D eigenvalue weighted by molar-refractivity contribution is 5.29. The first kappa shape index (κ1) is 13.8. The van der Waals surface area contributed by atoms with Crippen LogP contribution in [0.4, 0.5) is 5.95 Å². The summed E-state index contributed by atoms with van der Waals surface area (Å²) in [6, 6.07) is 0.380. The number of rotatable bonds is 4. The zero-order chi connectivity index (χ0) is 14.5. The molecule has 0 saturated heterocycles. The lowest BCUT2D eigenvalue weighted by atomic mass is 10.2. The lowest BCUT2D eigenvalue weighted by molar-refractivity contribution is 0.168. The largest absolute Gasteiger partial charge is 0.460 e. The molecule has 1 aliphatic rings. The molecule has 2 heterocycles. The van der Waals surface area contributed by atoms with E-state index >= 15 is 0 Å². The number of nitrogens with one attached hydrogen (secondary N) is 1. The van der Waals surface area contributed by atoms with Gasteiger partial charge in [-0.15, -0.1) is 0 Å². The summed E-state index contributed by atoms with van der Waals surface area (Å²) in [6.45, 7) is 0. The van der Waals surface area contributed by atoms with Crippen LogP contribution in [0.25, 0.3) is 5.95 Å². The molecule has 7 nitrogen and oxygen atoms in total. The van der Waals surface area contributed by atoms with Crippen LogP contribution in [-0.4, -0.2) is 37.7 Å². The number of ether oxygens (including phenoxy) is 1. The number of hydrogen-bond acceptors (Lipinski definition) is 6. The van der Waals surface area contributed by atoms with Crippen molar-refractivity contribution in [2.75, 3.05) is 12.4 Å². The number of aromatic nitrogens is 5. The number of hydrogen-bond donors (Lipinski definition) is 1. The lowest BCUT2D eigenvalue weighted by Gasteiger charge is -2.16. The molecular formula is C14H20N6O. The third kappa shape index (κ3) is 3.48. The third-order valence-electron chi connectivity index (χ3n) is 3.64. The van der Waals surface area contributed by atoms with E-state index in [2.05, 4.69) is 25.3 Å². The Hall–Kier alpha value is -2.18. The van der Waals surface area contributed by atoms with Gasteiger partial charge in [0.1, 0.15) is 12.4 Å². The molecule has 7 heteroatoms. The molecule has 0 bridgehead atoms. The van der Waals surface area contributed by atoms with Crippen molar-refractivity contribution in [2.24, 2.45) is 0 Å². The van der Waals surface area contributed by atoms with Crippen LogP contribution in [0.1, 0.15) is 38.5 Å². The normalized spacial score (nSPS) is 16.4. The summed E-state index contributed by atoms with van der Waals surface area (Å²) in [4.78, 5) is 17.0. The summed E-state index contributed by atoms with van der Waals surface area (Å²) >= 11 is 0. The molecule has 1 aliphatic carbocycles. The van der Waals surface area contributed by atoms with E-state index in [1.807, 2.05) is 0 Å². The zero-order valence-corrected chi connectivity index (χ0v) is 12.2. The lowest BCUT2D eigenvalue weighted by Crippen LogP contribution is -2.18. The van der Waals surface area contributed by atoms with Gasteiger partial charge in [-0.2, -0.15) is 15.0 Å². The zero-order valence-electron chi connectivity index (χ0n) is 12.2. The summed E-state index contributed by atoms with van der Waals surface area (Å²) in [5.41, 5.74) is 0. The van der Waals surface area contributed by atoms with Crippen molar-refractivity contribution in [1.29, 1.82) is 0 Å². The molecule has 0 unspecified atom stereocenters. The highest BCUT2D eigenvalue weighted by atomic mass is 16.5. The van der Waals surface area contributed by atoms with Gasteiger partial charge in [0.25, 0.3) is 0 Å². The fourth-order valence-corrected chi connectivity index (χ4v) is 2.51. The Kier molecular flexibility index (Phi) is 4.28. The van der Waals surface area contributed by atoms with Crippen LogP contribution >= 0.6 is 0 Å². The third-order valence-corrected chi connectivity index (χ3v) is 3.64. The molecule has 2 aromatic heterocycles. The van der Waals surface area contributed by atoms with Crippen LogP contribution in [0.2, 0.25) is 0 Å². The van der Waals surface area contributed by atoms with Crippen LogP contribution in [-0.2, 0) is 0 Å². The Morgan fingerprint density at radius 3 is 2.62 bits per heavy atom. The van der Waals surface area contributed by atoms with E-state index in [1.165, 1.54) is 25.7 Å². The number of imidazole rings is 1. The quantitative estimate of drug-likeness (QED) is 0.869. The molecule has 1 N–H and O–H groups in total. The van der Waals surface area contributed by atoms with Gasteiger partial charge in [0.15, 0.2) is 0 Å². The molecule has 0 spiro atoms. The monoisotopic (exact) mass is 288 g/mol. The van der Waals surface area contributed by atoms with Gasteiger partial charge in [0, 0.05) is 19.4 Å². The van der Waals surface area contributed by atoms with Gasteiger partial charge in [0.2, 0.25) is 11.9 Å². The van der Waals surface area contributed by atoms with E-state index in [0.717, 1.165) is 12.8 Å². The Morgan fingerprint density at radius 2 is 1.95 bits per heavy atom. The van der Waals surface area contributed by atoms with Gasteiger partial charge in [0.05, 0.1) is 0 Å². The number of nitrogens with zero attached hydrogens (tertiary/aromatic N) is 5. The summed E-state index contributed by atoms with van der Waals surface area (Å²) < 4.78 is 7.72. The van der Waals surface area contributed by atoms with Crippen molar-refractivity contribution in [3.63, 3.8) is 0 Å². The molecule has 21 heavy (non-hydrogen) atoms. The van der Waals surface area contributed by atoms with E-state index in [4.69, 9.17) is 4.74 Å². The van der Waals surface area contributed by atoms with Crippen molar-refractivity contribution in [3.05, 3.63) is 18.7 Å². The molecular weight excluding hydrogens is 268 g/mol. The Balaban J connectivity index is 1.82. The topological polar surface area (TPSA) is 77.8 Å². The SMILES string of the molecule is CNc1nc(OC2CCCCCC2)nc(-n2ccnc2)n1. The second-order valence-electron chi connectivity index (χ2n) is 5.19. The molecule has 1 saturated carbocycles. The standard InChI is InChI=1S/C14H20N6O/c1-15-12-17-13(20-9-8-16-10-20)19-14(18-12)21-11-6-4-2-3-5-7-11/h8-11H,2-7H2,1H3,(H,15,17,18,19). The first-order valence-electron chi connectivity index (χ1n) is 7.44. The fraction of sp³-hybridized carbons (Fsp3) is 0.571. The van der Waals surface area contributed by atoms with Gasteiger partial charge < -0.3 is 10.1 Å². The molecule has 0 amide bonds. The molecule has 0 aliphatic heterocycles. The Labute approximate surface area is 123 Å². The minimum Gasteiger partial charge on any atom is -0.460 e. The van der Waals surface area contributed by atoms with E-state index in [9.17, 15) is 0 Å². The highest BCUT2D eigenvalue weighted by Crippen LogP contribution is 2.21. The van der Waals surface area contributed by atoms with Gasteiger partial charge in [-0.3, -0.25) is 4.57 Å². The smallest absolute Gasteiger partial charge is 0.323 e. The molecule has 1 fully saturated rings. The van der Waals surface area contributed by atoms with Crippen LogP contribution < -0.4 is 10.1 Å². The number of anilines is 1. The minimum atomic E-state index is 0.204. The van der Waals surface area contributed by atoms with Crippen LogP contribution in [0, 0.1) is 0 Å². The molecule has 0 radical (unpaired) electrons. The summed E-state index contributed by atoms with van der Waals surface area (Å²) in [7, 11) is 1.78. The van der Waals surface area contributed by atoms with Crippen LogP contribution in [0.5, 0.6) is 6.01 Å². The molecule has 0 aromatic carbocycles. The molecule has 112 valence electrons. The predicted octanol–water partition coefficient (Wildman–Crippen LogP) is 2.20. The minimum absolute atomic E-state index is 0.204. The van der Waals surface area contributed by atoms with Crippen molar-refractivity contribution < 1.29 is 4.74 Å². The Morgan fingerprint density at radius 1 is 1.14 bits per heavy atom. The fourth-order valence-electron chi connectivity index (χ4n) is 2.51. The van der Waals surface area contributed by atoms with Gasteiger partial charge in [-0.1, -0.05) is 12.8 Å². The van der Waals surface area contributed by atoms with Crippen LogP contribution in [0.3, 0.4) is 0 Å². The van der Waals surface area contributed by atoms with Crippen molar-refractivity contribution in [2.45, 2.75) is 44.6 Å². The summed E-state index contributed by atoms with van der Waals surface area (Å²) in [6.07, 6.45) is 12.5. The van der Waals surface area contributed by atoms with E-state index in [-0.39, 0.29) is 6.10 Å². The maximum atomic E-state index is 5.98.